The van der Waals surface area contributed by atoms with Crippen molar-refractivity contribution in [1.82, 2.24) is 20.0 Å². The topological polar surface area (TPSA) is 50.2 Å². The van der Waals surface area contributed by atoms with Crippen LogP contribution in [0.2, 0.25) is 0 Å². The second-order valence-electron chi connectivity index (χ2n) is 5.99. The fourth-order valence-electron chi connectivity index (χ4n) is 3.03. The van der Waals surface area contributed by atoms with Gasteiger partial charge in [-0.1, -0.05) is 12.2 Å². The van der Waals surface area contributed by atoms with E-state index in [4.69, 9.17) is 0 Å². The van der Waals surface area contributed by atoms with E-state index >= 15 is 0 Å². The van der Waals surface area contributed by atoms with Crippen LogP contribution in [0.4, 0.5) is 18.0 Å². The summed E-state index contributed by atoms with van der Waals surface area (Å²) in [5.41, 5.74) is -0.869. The summed E-state index contributed by atoms with van der Waals surface area (Å²) in [6, 6.07) is 0.976. The first kappa shape index (κ1) is 15.9. The summed E-state index contributed by atoms with van der Waals surface area (Å²) in [5, 5.41) is 6.60. The highest BCUT2D eigenvalue weighted by molar-refractivity contribution is 5.74. The molecule has 1 aliphatic carbocycles. The summed E-state index contributed by atoms with van der Waals surface area (Å²) >= 11 is 0. The van der Waals surface area contributed by atoms with Crippen molar-refractivity contribution in [2.45, 2.75) is 43.9 Å². The van der Waals surface area contributed by atoms with Crippen molar-refractivity contribution < 1.29 is 18.0 Å². The number of nitrogens with zero attached hydrogens (tertiary/aromatic N) is 3. The van der Waals surface area contributed by atoms with E-state index in [0.29, 0.717) is 25.9 Å². The molecule has 0 unspecified atom stereocenters. The fraction of sp³-hybridized carbons (Fsp3) is 0.600. The predicted octanol–water partition coefficient (Wildman–Crippen LogP) is 2.97. The third kappa shape index (κ3) is 3.68. The number of aromatic nitrogens is 2. The molecule has 1 aromatic heterocycles. The van der Waals surface area contributed by atoms with Gasteiger partial charge in [-0.15, -0.1) is 0 Å². The Bertz CT molecular complexity index is 580. The van der Waals surface area contributed by atoms with Crippen LogP contribution in [0.5, 0.6) is 0 Å². The zero-order chi connectivity index (χ0) is 16.4. The van der Waals surface area contributed by atoms with E-state index in [1.807, 2.05) is 12.2 Å². The molecule has 5 nitrogen and oxygen atoms in total. The Hall–Kier alpha value is -1.99. The summed E-state index contributed by atoms with van der Waals surface area (Å²) < 4.78 is 39.1. The third-order valence-electron chi connectivity index (χ3n) is 4.36. The number of carbonyl (C=O) groups excluding carboxylic acids is 1. The van der Waals surface area contributed by atoms with Crippen LogP contribution in [0.25, 0.3) is 0 Å². The summed E-state index contributed by atoms with van der Waals surface area (Å²) in [4.78, 5) is 13.9. The van der Waals surface area contributed by atoms with E-state index in [1.54, 1.807) is 4.90 Å². The maximum atomic E-state index is 12.6. The maximum Gasteiger partial charge on any atom is 0.435 e. The summed E-state index contributed by atoms with van der Waals surface area (Å²) in [7, 11) is 0. The molecule has 1 saturated heterocycles. The summed E-state index contributed by atoms with van der Waals surface area (Å²) in [6.45, 7) is 1.05. The van der Waals surface area contributed by atoms with E-state index in [-0.39, 0.29) is 18.1 Å². The second kappa shape index (κ2) is 6.25. The van der Waals surface area contributed by atoms with Crippen LogP contribution in [0.15, 0.2) is 24.4 Å². The first-order chi connectivity index (χ1) is 10.9. The number of alkyl halides is 3. The Morgan fingerprint density at radius 3 is 2.43 bits per heavy atom. The zero-order valence-corrected chi connectivity index (χ0v) is 12.6. The largest absolute Gasteiger partial charge is 0.435 e. The smallest absolute Gasteiger partial charge is 0.335 e. The molecular weight excluding hydrogens is 309 g/mol. The quantitative estimate of drug-likeness (QED) is 0.849. The van der Waals surface area contributed by atoms with E-state index in [1.165, 1.54) is 10.9 Å². The number of halogens is 3. The van der Waals surface area contributed by atoms with Gasteiger partial charge in [-0.2, -0.15) is 18.3 Å². The Kier molecular flexibility index (Phi) is 4.32. The van der Waals surface area contributed by atoms with Crippen LogP contribution < -0.4 is 5.32 Å². The van der Waals surface area contributed by atoms with Crippen molar-refractivity contribution in [3.8, 4) is 0 Å². The number of hydrogen-bond acceptors (Lipinski definition) is 2. The molecule has 1 aromatic rings. The SMILES string of the molecule is O=C(NC1CC=CC1)N1CCC(n2ccc(C(F)(F)F)n2)CC1. The van der Waals surface area contributed by atoms with Crippen LogP contribution in [0, 0.1) is 0 Å². The average molecular weight is 328 g/mol. The zero-order valence-electron chi connectivity index (χ0n) is 12.6. The second-order valence-corrected chi connectivity index (χ2v) is 5.99. The normalized spacial score (nSPS) is 20.2. The molecule has 1 aliphatic heterocycles. The molecular formula is C15H19F3N4O. The molecule has 1 fully saturated rings. The average Bonchev–Trinajstić information content (AvgIpc) is 3.18. The van der Waals surface area contributed by atoms with Gasteiger partial charge in [-0.05, 0) is 31.7 Å². The Morgan fingerprint density at radius 1 is 1.22 bits per heavy atom. The van der Waals surface area contributed by atoms with Crippen LogP contribution in [-0.2, 0) is 6.18 Å². The van der Waals surface area contributed by atoms with E-state index < -0.39 is 11.9 Å². The van der Waals surface area contributed by atoms with Crippen molar-refractivity contribution in [1.29, 1.82) is 0 Å². The van der Waals surface area contributed by atoms with Crippen LogP contribution in [0.3, 0.4) is 0 Å². The number of nitrogens with one attached hydrogen (secondary N) is 1. The van der Waals surface area contributed by atoms with E-state index in [2.05, 4.69) is 10.4 Å². The molecule has 0 radical (unpaired) electrons. The van der Waals surface area contributed by atoms with Crippen molar-refractivity contribution in [3.05, 3.63) is 30.1 Å². The lowest BCUT2D eigenvalue weighted by Crippen LogP contribution is -2.47. The highest BCUT2D eigenvalue weighted by Gasteiger charge is 2.34. The number of rotatable bonds is 2. The van der Waals surface area contributed by atoms with Gasteiger partial charge >= 0.3 is 12.2 Å². The lowest BCUT2D eigenvalue weighted by molar-refractivity contribution is -0.141. The van der Waals surface area contributed by atoms with Gasteiger partial charge in [-0.25, -0.2) is 4.79 Å². The Labute approximate surface area is 132 Å². The Morgan fingerprint density at radius 2 is 1.87 bits per heavy atom. The van der Waals surface area contributed by atoms with Crippen molar-refractivity contribution in [3.63, 3.8) is 0 Å². The standard InChI is InChI=1S/C15H19F3N4O/c16-15(17,18)13-7-10-22(20-13)12-5-8-21(9-6-12)14(23)19-11-3-1-2-4-11/h1-2,7,10-12H,3-6,8-9H2,(H,19,23). The fourth-order valence-corrected chi connectivity index (χ4v) is 3.03. The molecule has 0 atom stereocenters. The van der Waals surface area contributed by atoms with Gasteiger partial charge in [0.05, 0.1) is 6.04 Å². The molecule has 8 heteroatoms. The van der Waals surface area contributed by atoms with Crippen LogP contribution >= 0.6 is 0 Å². The highest BCUT2D eigenvalue weighted by atomic mass is 19.4. The van der Waals surface area contributed by atoms with Gasteiger partial charge in [-0.3, -0.25) is 4.68 Å². The van der Waals surface area contributed by atoms with Crippen molar-refractivity contribution in [2.75, 3.05) is 13.1 Å². The minimum atomic E-state index is -4.42. The highest BCUT2D eigenvalue weighted by Crippen LogP contribution is 2.29. The van der Waals surface area contributed by atoms with Crippen molar-refractivity contribution in [2.24, 2.45) is 0 Å². The minimum Gasteiger partial charge on any atom is -0.335 e. The number of likely N-dealkylation sites (tertiary alicyclic amines) is 1. The molecule has 0 spiro atoms. The van der Waals surface area contributed by atoms with Gasteiger partial charge < -0.3 is 10.2 Å². The minimum absolute atomic E-state index is 0.0893. The molecule has 23 heavy (non-hydrogen) atoms. The van der Waals surface area contributed by atoms with Gasteiger partial charge in [0, 0.05) is 25.3 Å². The summed E-state index contributed by atoms with van der Waals surface area (Å²) in [6.07, 6.45) is 3.98. The molecule has 0 bridgehead atoms. The van der Waals surface area contributed by atoms with Crippen LogP contribution in [-0.4, -0.2) is 39.8 Å². The monoisotopic (exact) mass is 328 g/mol. The first-order valence-corrected chi connectivity index (χ1v) is 7.76. The van der Waals surface area contributed by atoms with Gasteiger partial charge in [0.1, 0.15) is 0 Å². The Balaban J connectivity index is 1.51. The molecule has 2 aliphatic rings. The molecule has 3 rings (SSSR count). The van der Waals surface area contributed by atoms with Gasteiger partial charge in [0.2, 0.25) is 0 Å². The number of piperidine rings is 1. The predicted molar refractivity (Wildman–Crippen MR) is 77.8 cm³/mol. The lowest BCUT2D eigenvalue weighted by atomic mass is 10.1. The molecule has 0 saturated carbocycles. The molecule has 2 heterocycles. The van der Waals surface area contributed by atoms with Gasteiger partial charge in [0.15, 0.2) is 5.69 Å². The molecule has 126 valence electrons. The number of amides is 2. The maximum absolute atomic E-state index is 12.6. The van der Waals surface area contributed by atoms with E-state index in [9.17, 15) is 18.0 Å². The number of hydrogen-bond donors (Lipinski definition) is 1. The first-order valence-electron chi connectivity index (χ1n) is 7.76. The molecule has 1 N–H and O–H groups in total. The molecule has 2 amide bonds. The molecule has 0 aromatic carbocycles. The van der Waals surface area contributed by atoms with Crippen LogP contribution in [0.1, 0.15) is 37.4 Å². The summed E-state index contributed by atoms with van der Waals surface area (Å²) in [5.74, 6) is 0. The number of urea groups is 1. The van der Waals surface area contributed by atoms with E-state index in [0.717, 1.165) is 18.9 Å². The lowest BCUT2D eigenvalue weighted by Gasteiger charge is -2.33. The van der Waals surface area contributed by atoms with Gasteiger partial charge in [0.25, 0.3) is 0 Å². The van der Waals surface area contributed by atoms with Crippen molar-refractivity contribution >= 4 is 6.03 Å². The number of carbonyl (C=O) groups is 1. The third-order valence-corrected chi connectivity index (χ3v) is 4.36.